The molecule has 0 spiro atoms. The standard InChI is InChI=1S/C15H14FN3S/c1-10(7-11-3-2-4-12(16)8-11)19-14-13-5-6-20-15(13)18-9-17-14/h2-6,8-10H,7H2,1H3,(H,17,18,19). The van der Waals surface area contributed by atoms with Gasteiger partial charge in [-0.15, -0.1) is 11.3 Å². The van der Waals surface area contributed by atoms with Gasteiger partial charge in [0.05, 0.1) is 5.39 Å². The Kier molecular flexibility index (Phi) is 3.60. The lowest BCUT2D eigenvalue weighted by atomic mass is 10.1. The van der Waals surface area contributed by atoms with Crippen LogP contribution in [0.4, 0.5) is 10.2 Å². The Morgan fingerprint density at radius 1 is 1.30 bits per heavy atom. The molecule has 2 heterocycles. The number of anilines is 1. The fourth-order valence-corrected chi connectivity index (χ4v) is 2.94. The minimum Gasteiger partial charge on any atom is -0.367 e. The summed E-state index contributed by atoms with van der Waals surface area (Å²) in [6.07, 6.45) is 2.31. The van der Waals surface area contributed by atoms with Crippen LogP contribution in [0.2, 0.25) is 0 Å². The second kappa shape index (κ2) is 5.54. The smallest absolute Gasteiger partial charge is 0.138 e. The molecule has 102 valence electrons. The van der Waals surface area contributed by atoms with Crippen molar-refractivity contribution >= 4 is 27.4 Å². The molecule has 3 nitrogen and oxygen atoms in total. The van der Waals surface area contributed by atoms with Crippen LogP contribution < -0.4 is 5.32 Å². The van der Waals surface area contributed by atoms with Crippen LogP contribution in [0.1, 0.15) is 12.5 Å². The highest BCUT2D eigenvalue weighted by atomic mass is 32.1. The zero-order valence-electron chi connectivity index (χ0n) is 11.0. The summed E-state index contributed by atoms with van der Waals surface area (Å²) >= 11 is 1.59. The zero-order chi connectivity index (χ0) is 13.9. The highest BCUT2D eigenvalue weighted by Crippen LogP contribution is 2.24. The van der Waals surface area contributed by atoms with Gasteiger partial charge in [-0.1, -0.05) is 12.1 Å². The number of hydrogen-bond donors (Lipinski definition) is 1. The Morgan fingerprint density at radius 2 is 2.20 bits per heavy atom. The van der Waals surface area contributed by atoms with E-state index in [0.717, 1.165) is 28.0 Å². The molecule has 2 aromatic heterocycles. The van der Waals surface area contributed by atoms with Gasteiger partial charge in [0, 0.05) is 6.04 Å². The van der Waals surface area contributed by atoms with Gasteiger partial charge in [-0.3, -0.25) is 0 Å². The van der Waals surface area contributed by atoms with Gasteiger partial charge < -0.3 is 5.32 Å². The second-order valence-electron chi connectivity index (χ2n) is 4.74. The van der Waals surface area contributed by atoms with E-state index in [9.17, 15) is 4.39 Å². The summed E-state index contributed by atoms with van der Waals surface area (Å²) in [5, 5.41) is 6.40. The van der Waals surface area contributed by atoms with Crippen LogP contribution in [0.15, 0.2) is 42.0 Å². The van der Waals surface area contributed by atoms with Crippen molar-refractivity contribution < 1.29 is 4.39 Å². The van der Waals surface area contributed by atoms with E-state index in [-0.39, 0.29) is 11.9 Å². The number of fused-ring (bicyclic) bond motifs is 1. The molecule has 1 N–H and O–H groups in total. The first-order chi connectivity index (χ1) is 9.72. The van der Waals surface area contributed by atoms with Gasteiger partial charge in [-0.2, -0.15) is 0 Å². The van der Waals surface area contributed by atoms with Crippen LogP contribution in [0, 0.1) is 5.82 Å². The third-order valence-electron chi connectivity index (χ3n) is 3.08. The van der Waals surface area contributed by atoms with Crippen molar-refractivity contribution in [1.82, 2.24) is 9.97 Å². The Labute approximate surface area is 120 Å². The summed E-state index contributed by atoms with van der Waals surface area (Å²) in [7, 11) is 0. The van der Waals surface area contributed by atoms with E-state index in [4.69, 9.17) is 0 Å². The number of thiophene rings is 1. The van der Waals surface area contributed by atoms with Crippen molar-refractivity contribution in [3.05, 3.63) is 53.4 Å². The van der Waals surface area contributed by atoms with E-state index < -0.39 is 0 Å². The minimum atomic E-state index is -0.197. The molecule has 1 atom stereocenters. The highest BCUT2D eigenvalue weighted by molar-refractivity contribution is 7.16. The van der Waals surface area contributed by atoms with Crippen LogP contribution in [0.25, 0.3) is 10.2 Å². The van der Waals surface area contributed by atoms with Gasteiger partial charge in [-0.25, -0.2) is 14.4 Å². The third-order valence-corrected chi connectivity index (χ3v) is 3.90. The van der Waals surface area contributed by atoms with Gasteiger partial charge in [0.1, 0.15) is 22.8 Å². The largest absolute Gasteiger partial charge is 0.367 e. The predicted molar refractivity (Wildman–Crippen MR) is 80.6 cm³/mol. The molecule has 1 unspecified atom stereocenters. The topological polar surface area (TPSA) is 37.8 Å². The maximum atomic E-state index is 13.2. The normalized spacial score (nSPS) is 12.5. The molecule has 0 saturated carbocycles. The molecule has 0 amide bonds. The summed E-state index contributed by atoms with van der Waals surface area (Å²) in [5.41, 5.74) is 0.973. The van der Waals surface area contributed by atoms with Crippen LogP contribution >= 0.6 is 11.3 Å². The fraction of sp³-hybridized carbons (Fsp3) is 0.200. The molecule has 0 saturated heterocycles. The number of hydrogen-bond acceptors (Lipinski definition) is 4. The minimum absolute atomic E-state index is 0.162. The number of nitrogens with one attached hydrogen (secondary N) is 1. The predicted octanol–water partition coefficient (Wildman–Crippen LogP) is 3.87. The zero-order valence-corrected chi connectivity index (χ0v) is 11.8. The first kappa shape index (κ1) is 13.0. The number of benzene rings is 1. The lowest BCUT2D eigenvalue weighted by Crippen LogP contribution is -2.19. The summed E-state index contributed by atoms with van der Waals surface area (Å²) in [6.45, 7) is 2.06. The monoisotopic (exact) mass is 287 g/mol. The van der Waals surface area contributed by atoms with Crippen molar-refractivity contribution in [2.24, 2.45) is 0 Å². The van der Waals surface area contributed by atoms with Crippen LogP contribution in [-0.2, 0) is 6.42 Å². The van der Waals surface area contributed by atoms with Gasteiger partial charge in [0.25, 0.3) is 0 Å². The fourth-order valence-electron chi connectivity index (χ4n) is 2.21. The van der Waals surface area contributed by atoms with Gasteiger partial charge in [-0.05, 0) is 42.5 Å². The molecule has 0 radical (unpaired) electrons. The SMILES string of the molecule is CC(Cc1cccc(F)c1)Nc1ncnc2sccc12. The maximum Gasteiger partial charge on any atom is 0.138 e. The van der Waals surface area contributed by atoms with Gasteiger partial charge >= 0.3 is 0 Å². The molecular formula is C15H14FN3S. The van der Waals surface area contributed by atoms with Crippen molar-refractivity contribution in [1.29, 1.82) is 0 Å². The molecule has 20 heavy (non-hydrogen) atoms. The number of rotatable bonds is 4. The van der Waals surface area contributed by atoms with Gasteiger partial charge in [0.15, 0.2) is 0 Å². The number of halogens is 1. The summed E-state index contributed by atoms with van der Waals surface area (Å²) < 4.78 is 13.2. The Bertz CT molecular complexity index is 726. The van der Waals surface area contributed by atoms with E-state index in [2.05, 4.69) is 22.2 Å². The molecule has 3 aromatic rings. The Morgan fingerprint density at radius 3 is 3.05 bits per heavy atom. The molecule has 0 aliphatic rings. The van der Waals surface area contributed by atoms with E-state index in [1.807, 2.05) is 17.5 Å². The summed E-state index contributed by atoms with van der Waals surface area (Å²) in [5.74, 6) is 0.636. The van der Waals surface area contributed by atoms with Crippen LogP contribution in [0.5, 0.6) is 0 Å². The second-order valence-corrected chi connectivity index (χ2v) is 5.64. The van der Waals surface area contributed by atoms with E-state index in [1.54, 1.807) is 29.8 Å². The van der Waals surface area contributed by atoms with Crippen molar-refractivity contribution in [2.75, 3.05) is 5.32 Å². The number of aromatic nitrogens is 2. The van der Waals surface area contributed by atoms with Crippen LogP contribution in [0.3, 0.4) is 0 Å². The van der Waals surface area contributed by atoms with Crippen molar-refractivity contribution in [3.63, 3.8) is 0 Å². The molecule has 0 fully saturated rings. The van der Waals surface area contributed by atoms with E-state index in [0.29, 0.717) is 0 Å². The lowest BCUT2D eigenvalue weighted by Gasteiger charge is -2.15. The number of nitrogens with zero attached hydrogens (tertiary/aromatic N) is 2. The first-order valence-electron chi connectivity index (χ1n) is 6.41. The quantitative estimate of drug-likeness (QED) is 0.791. The van der Waals surface area contributed by atoms with Crippen molar-refractivity contribution in [2.45, 2.75) is 19.4 Å². The third kappa shape index (κ3) is 2.77. The molecule has 0 bridgehead atoms. The lowest BCUT2D eigenvalue weighted by molar-refractivity contribution is 0.624. The Balaban J connectivity index is 1.76. The first-order valence-corrected chi connectivity index (χ1v) is 7.29. The molecular weight excluding hydrogens is 273 g/mol. The Hall–Kier alpha value is -2.01. The van der Waals surface area contributed by atoms with E-state index >= 15 is 0 Å². The van der Waals surface area contributed by atoms with Crippen molar-refractivity contribution in [3.8, 4) is 0 Å². The average Bonchev–Trinajstić information content (AvgIpc) is 2.88. The molecule has 0 aliphatic carbocycles. The average molecular weight is 287 g/mol. The molecule has 3 rings (SSSR count). The van der Waals surface area contributed by atoms with E-state index in [1.165, 1.54) is 6.07 Å². The summed E-state index contributed by atoms with van der Waals surface area (Å²) in [4.78, 5) is 9.48. The van der Waals surface area contributed by atoms with Crippen LogP contribution in [-0.4, -0.2) is 16.0 Å². The highest BCUT2D eigenvalue weighted by Gasteiger charge is 2.09. The molecule has 5 heteroatoms. The summed E-state index contributed by atoms with van der Waals surface area (Å²) in [6, 6.07) is 8.87. The molecule has 1 aromatic carbocycles. The molecule has 0 aliphatic heterocycles. The van der Waals surface area contributed by atoms with Gasteiger partial charge in [0.2, 0.25) is 0 Å². The maximum absolute atomic E-state index is 13.2.